The van der Waals surface area contributed by atoms with Crippen molar-refractivity contribution in [3.05, 3.63) is 47.1 Å². The summed E-state index contributed by atoms with van der Waals surface area (Å²) in [6, 6.07) is 8.75. The number of nitrogens with zero attached hydrogens (tertiary/aromatic N) is 2. The highest BCUT2D eigenvalue weighted by Gasteiger charge is 2.11. The second-order valence-electron chi connectivity index (χ2n) is 4.31. The van der Waals surface area contributed by atoms with E-state index in [4.69, 9.17) is 14.0 Å². The third-order valence-corrected chi connectivity index (χ3v) is 3.74. The summed E-state index contributed by atoms with van der Waals surface area (Å²) in [5, 5.41) is 5.81. The molecule has 7 heteroatoms. The minimum atomic E-state index is 0.145. The molecule has 0 fully saturated rings. The number of methoxy groups -OCH3 is 1. The van der Waals surface area contributed by atoms with Gasteiger partial charge in [-0.15, -0.1) is 11.3 Å². The predicted molar refractivity (Wildman–Crippen MR) is 80.3 cm³/mol. The molecular weight excluding hydrogens is 304 g/mol. The Balaban J connectivity index is 1.71. The number of carbonyl (C=O) groups is 1. The second-order valence-corrected chi connectivity index (χ2v) is 5.26. The van der Waals surface area contributed by atoms with E-state index in [-0.39, 0.29) is 6.61 Å². The first-order valence-electron chi connectivity index (χ1n) is 6.42. The smallest absolute Gasteiger partial charge is 0.268 e. The maximum absolute atomic E-state index is 10.8. The fraction of sp³-hybridized carbons (Fsp3) is 0.133. The summed E-state index contributed by atoms with van der Waals surface area (Å²) >= 11 is 1.52. The van der Waals surface area contributed by atoms with Gasteiger partial charge in [0.25, 0.3) is 5.89 Å². The van der Waals surface area contributed by atoms with Crippen LogP contribution in [0, 0.1) is 0 Å². The van der Waals surface area contributed by atoms with Gasteiger partial charge in [0.2, 0.25) is 5.82 Å². The van der Waals surface area contributed by atoms with Crippen LogP contribution < -0.4 is 9.47 Å². The molecule has 0 aliphatic rings. The van der Waals surface area contributed by atoms with E-state index in [0.29, 0.717) is 28.8 Å². The van der Waals surface area contributed by atoms with Crippen LogP contribution in [0.1, 0.15) is 16.2 Å². The first-order chi connectivity index (χ1) is 10.8. The highest BCUT2D eigenvalue weighted by atomic mass is 32.1. The summed E-state index contributed by atoms with van der Waals surface area (Å²) in [6.45, 7) is 0.145. The van der Waals surface area contributed by atoms with Gasteiger partial charge in [0.05, 0.1) is 12.0 Å². The van der Waals surface area contributed by atoms with Crippen LogP contribution in [-0.4, -0.2) is 23.5 Å². The van der Waals surface area contributed by atoms with Crippen molar-refractivity contribution < 1.29 is 18.8 Å². The number of ether oxygens (including phenoxy) is 2. The summed E-state index contributed by atoms with van der Waals surface area (Å²) in [5.41, 5.74) is 0.517. The molecule has 3 aromatic rings. The zero-order chi connectivity index (χ0) is 15.4. The molecule has 0 unspecified atom stereocenters. The molecular formula is C15H12N2O4S. The van der Waals surface area contributed by atoms with E-state index in [1.165, 1.54) is 18.4 Å². The summed E-state index contributed by atoms with van der Waals surface area (Å²) in [6.07, 6.45) is 0.749. The van der Waals surface area contributed by atoms with E-state index in [1.54, 1.807) is 18.2 Å². The SMILES string of the molecule is COc1cc(C=O)ccc1OCc1noc(-c2cccs2)n1. The van der Waals surface area contributed by atoms with Crippen molar-refractivity contribution in [3.63, 3.8) is 0 Å². The van der Waals surface area contributed by atoms with Crippen molar-refractivity contribution in [1.29, 1.82) is 0 Å². The Morgan fingerprint density at radius 3 is 2.95 bits per heavy atom. The molecule has 1 aromatic carbocycles. The molecule has 22 heavy (non-hydrogen) atoms. The molecule has 0 saturated heterocycles. The van der Waals surface area contributed by atoms with Gasteiger partial charge in [-0.25, -0.2) is 0 Å². The van der Waals surface area contributed by atoms with Crippen LogP contribution in [0.2, 0.25) is 0 Å². The Labute approximate surface area is 130 Å². The summed E-state index contributed by atoms with van der Waals surface area (Å²) in [4.78, 5) is 15.9. The van der Waals surface area contributed by atoms with Gasteiger partial charge in [-0.05, 0) is 29.6 Å². The van der Waals surface area contributed by atoms with Gasteiger partial charge in [0, 0.05) is 5.56 Å². The van der Waals surface area contributed by atoms with Gasteiger partial charge in [0.15, 0.2) is 18.1 Å². The predicted octanol–water partition coefficient (Wildman–Crippen LogP) is 3.20. The molecule has 0 N–H and O–H groups in total. The second kappa shape index (κ2) is 6.40. The van der Waals surface area contributed by atoms with E-state index in [9.17, 15) is 4.79 Å². The van der Waals surface area contributed by atoms with Crippen molar-refractivity contribution in [3.8, 4) is 22.3 Å². The standard InChI is InChI=1S/C15H12N2O4S/c1-19-12-7-10(8-18)4-5-11(12)20-9-14-16-15(21-17-14)13-3-2-6-22-13/h2-8H,9H2,1H3. The molecule has 0 atom stereocenters. The molecule has 0 radical (unpaired) electrons. The van der Waals surface area contributed by atoms with Crippen molar-refractivity contribution in [2.24, 2.45) is 0 Å². The van der Waals surface area contributed by atoms with Crippen LogP contribution in [0.5, 0.6) is 11.5 Å². The van der Waals surface area contributed by atoms with Gasteiger partial charge >= 0.3 is 0 Å². The van der Waals surface area contributed by atoms with Crippen LogP contribution in [0.25, 0.3) is 10.8 Å². The van der Waals surface area contributed by atoms with Gasteiger partial charge in [-0.2, -0.15) is 4.98 Å². The number of hydrogen-bond donors (Lipinski definition) is 0. The average molecular weight is 316 g/mol. The van der Waals surface area contributed by atoms with Crippen molar-refractivity contribution in [2.45, 2.75) is 6.61 Å². The molecule has 2 aromatic heterocycles. The Bertz CT molecular complexity index is 768. The lowest BCUT2D eigenvalue weighted by molar-refractivity contribution is 0.112. The summed E-state index contributed by atoms with van der Waals surface area (Å²) in [7, 11) is 1.51. The first kappa shape index (κ1) is 14.3. The van der Waals surface area contributed by atoms with Crippen molar-refractivity contribution >= 4 is 17.6 Å². The van der Waals surface area contributed by atoms with E-state index < -0.39 is 0 Å². The maximum Gasteiger partial charge on any atom is 0.268 e. The number of benzene rings is 1. The quantitative estimate of drug-likeness (QED) is 0.650. The zero-order valence-electron chi connectivity index (χ0n) is 11.7. The summed E-state index contributed by atoms with van der Waals surface area (Å²) in [5.74, 6) is 1.89. The Morgan fingerprint density at radius 2 is 2.23 bits per heavy atom. The number of aldehydes is 1. The zero-order valence-corrected chi connectivity index (χ0v) is 12.5. The lowest BCUT2D eigenvalue weighted by atomic mass is 10.2. The lowest BCUT2D eigenvalue weighted by Crippen LogP contribution is -2.00. The number of hydrogen-bond acceptors (Lipinski definition) is 7. The van der Waals surface area contributed by atoms with Crippen molar-refractivity contribution in [1.82, 2.24) is 10.1 Å². The van der Waals surface area contributed by atoms with Crippen LogP contribution in [0.3, 0.4) is 0 Å². The molecule has 0 aliphatic carbocycles. The van der Waals surface area contributed by atoms with E-state index >= 15 is 0 Å². The largest absolute Gasteiger partial charge is 0.493 e. The van der Waals surface area contributed by atoms with E-state index in [2.05, 4.69) is 10.1 Å². The molecule has 2 heterocycles. The lowest BCUT2D eigenvalue weighted by Gasteiger charge is -2.09. The fourth-order valence-corrected chi connectivity index (χ4v) is 2.48. The highest BCUT2D eigenvalue weighted by Crippen LogP contribution is 2.28. The molecule has 112 valence electrons. The third kappa shape index (κ3) is 2.99. The van der Waals surface area contributed by atoms with Gasteiger partial charge in [-0.1, -0.05) is 11.2 Å². The maximum atomic E-state index is 10.8. The third-order valence-electron chi connectivity index (χ3n) is 2.88. The van der Waals surface area contributed by atoms with Crippen LogP contribution in [-0.2, 0) is 6.61 Å². The fourth-order valence-electron chi connectivity index (χ4n) is 1.83. The number of thiophene rings is 1. The molecule has 0 aliphatic heterocycles. The highest BCUT2D eigenvalue weighted by molar-refractivity contribution is 7.13. The normalized spacial score (nSPS) is 10.4. The van der Waals surface area contributed by atoms with Gasteiger partial charge in [0.1, 0.15) is 6.29 Å². The van der Waals surface area contributed by atoms with Gasteiger partial charge in [-0.3, -0.25) is 4.79 Å². The Hall–Kier alpha value is -2.67. The Morgan fingerprint density at radius 1 is 1.32 bits per heavy atom. The Kier molecular flexibility index (Phi) is 4.15. The van der Waals surface area contributed by atoms with Crippen LogP contribution in [0.4, 0.5) is 0 Å². The number of rotatable bonds is 6. The number of aromatic nitrogens is 2. The topological polar surface area (TPSA) is 74.5 Å². The van der Waals surface area contributed by atoms with Crippen molar-refractivity contribution in [2.75, 3.05) is 7.11 Å². The molecule has 0 amide bonds. The molecule has 6 nitrogen and oxygen atoms in total. The number of carbonyl (C=O) groups excluding carboxylic acids is 1. The molecule has 0 saturated carbocycles. The molecule has 0 spiro atoms. The first-order valence-corrected chi connectivity index (χ1v) is 7.30. The average Bonchev–Trinajstić information content (AvgIpc) is 3.23. The van der Waals surface area contributed by atoms with Crippen LogP contribution in [0.15, 0.2) is 40.2 Å². The monoisotopic (exact) mass is 316 g/mol. The minimum absolute atomic E-state index is 0.145. The van der Waals surface area contributed by atoms with E-state index in [1.807, 2.05) is 17.5 Å². The van der Waals surface area contributed by atoms with Crippen LogP contribution >= 0.6 is 11.3 Å². The van der Waals surface area contributed by atoms with E-state index in [0.717, 1.165) is 11.2 Å². The molecule has 3 rings (SSSR count). The minimum Gasteiger partial charge on any atom is -0.493 e. The molecule has 0 bridgehead atoms. The van der Waals surface area contributed by atoms with Gasteiger partial charge < -0.3 is 14.0 Å². The summed E-state index contributed by atoms with van der Waals surface area (Å²) < 4.78 is 16.0.